The Morgan fingerprint density at radius 1 is 1.83 bits per heavy atom. The largest absolute Gasteiger partial charge is 0.473 e. The minimum Gasteiger partial charge on any atom is -0.473 e. The van der Waals surface area contributed by atoms with Crippen LogP contribution in [0.2, 0.25) is 0 Å². The number of rotatable bonds is 4. The summed E-state index contributed by atoms with van der Waals surface area (Å²) in [5.41, 5.74) is 0. The molecule has 0 bridgehead atoms. The van der Waals surface area contributed by atoms with E-state index < -0.39 is 6.10 Å². The molecule has 0 aliphatic rings. The summed E-state index contributed by atoms with van der Waals surface area (Å²) in [5, 5.41) is 12.9. The summed E-state index contributed by atoms with van der Waals surface area (Å²) in [5.74, 6) is 0. The number of likely N-dealkylation sites (N-methyl/N-ethyl adjacent to an activating group) is 1. The summed E-state index contributed by atoms with van der Waals surface area (Å²) in [6.45, 7) is 0.533. The van der Waals surface area contributed by atoms with Gasteiger partial charge in [-0.1, -0.05) is 11.3 Å². The van der Waals surface area contributed by atoms with E-state index in [1.165, 1.54) is 11.3 Å². The third-order valence-corrected chi connectivity index (χ3v) is 2.46. The zero-order valence-electron chi connectivity index (χ0n) is 7.07. The van der Waals surface area contributed by atoms with Gasteiger partial charge in [0.05, 0.1) is 12.0 Å². The van der Waals surface area contributed by atoms with Gasteiger partial charge >= 0.3 is 0 Å². The number of aliphatic hydroxyl groups excluding tert-OH is 1. The van der Waals surface area contributed by atoms with Crippen LogP contribution in [-0.2, 0) is 0 Å². The highest BCUT2D eigenvalue weighted by molar-refractivity contribution is 7.13. The van der Waals surface area contributed by atoms with Crippen LogP contribution in [0.1, 0.15) is 11.0 Å². The summed E-state index contributed by atoms with van der Waals surface area (Å²) < 4.78 is 4.90. The standard InChI is InChI=1S/C7H12N2O2S/c1-8-3-5(10)6-4-9-7(11-2)12-6/h4-5,8,10H,3H2,1-2H3. The second kappa shape index (κ2) is 4.39. The van der Waals surface area contributed by atoms with Gasteiger partial charge in [-0.2, -0.15) is 0 Å². The maximum Gasteiger partial charge on any atom is 0.273 e. The number of aliphatic hydroxyl groups is 1. The highest BCUT2D eigenvalue weighted by atomic mass is 32.1. The number of nitrogens with one attached hydrogen (secondary N) is 1. The van der Waals surface area contributed by atoms with Gasteiger partial charge in [0.2, 0.25) is 0 Å². The molecule has 1 atom stereocenters. The van der Waals surface area contributed by atoms with E-state index in [0.29, 0.717) is 11.7 Å². The molecule has 1 aromatic rings. The lowest BCUT2D eigenvalue weighted by Crippen LogP contribution is -2.15. The van der Waals surface area contributed by atoms with Crippen molar-refractivity contribution in [1.82, 2.24) is 10.3 Å². The van der Waals surface area contributed by atoms with Crippen LogP contribution in [0.3, 0.4) is 0 Å². The summed E-state index contributed by atoms with van der Waals surface area (Å²) in [7, 11) is 3.36. The molecule has 0 saturated carbocycles. The van der Waals surface area contributed by atoms with Gasteiger partial charge in [-0.05, 0) is 7.05 Å². The maximum absolute atomic E-state index is 9.48. The van der Waals surface area contributed by atoms with Crippen molar-refractivity contribution in [3.8, 4) is 5.19 Å². The number of thiazole rings is 1. The van der Waals surface area contributed by atoms with E-state index in [0.717, 1.165) is 4.88 Å². The summed E-state index contributed by atoms with van der Waals surface area (Å²) in [6.07, 6.45) is 1.14. The molecule has 1 aromatic heterocycles. The number of ether oxygens (including phenoxy) is 1. The molecule has 4 nitrogen and oxygen atoms in total. The average Bonchev–Trinajstić information content (AvgIpc) is 2.52. The Hall–Kier alpha value is -0.650. The summed E-state index contributed by atoms with van der Waals surface area (Å²) in [4.78, 5) is 4.77. The third kappa shape index (κ3) is 2.17. The number of aromatic nitrogens is 1. The summed E-state index contributed by atoms with van der Waals surface area (Å²) in [6, 6.07) is 0. The van der Waals surface area contributed by atoms with E-state index >= 15 is 0 Å². The number of hydrogen-bond donors (Lipinski definition) is 2. The van der Waals surface area contributed by atoms with Crippen molar-refractivity contribution in [2.24, 2.45) is 0 Å². The van der Waals surface area contributed by atoms with Crippen molar-refractivity contribution in [2.75, 3.05) is 20.7 Å². The monoisotopic (exact) mass is 188 g/mol. The predicted octanol–water partition coefficient (Wildman–Crippen LogP) is 0.405. The second-order valence-corrected chi connectivity index (χ2v) is 3.33. The van der Waals surface area contributed by atoms with Crippen molar-refractivity contribution in [2.45, 2.75) is 6.10 Å². The maximum atomic E-state index is 9.48. The lowest BCUT2D eigenvalue weighted by molar-refractivity contribution is 0.181. The smallest absolute Gasteiger partial charge is 0.273 e. The molecular weight excluding hydrogens is 176 g/mol. The molecule has 0 spiro atoms. The average molecular weight is 188 g/mol. The molecule has 2 N–H and O–H groups in total. The van der Waals surface area contributed by atoms with Gasteiger partial charge in [0.15, 0.2) is 0 Å². The Bertz CT molecular complexity index is 239. The SMILES string of the molecule is CNCC(O)c1cnc(OC)s1. The second-order valence-electron chi connectivity index (χ2n) is 2.31. The number of nitrogens with zero attached hydrogens (tertiary/aromatic N) is 1. The molecule has 1 rings (SSSR count). The molecule has 1 heterocycles. The quantitative estimate of drug-likeness (QED) is 0.718. The van der Waals surface area contributed by atoms with Crippen LogP contribution in [0.4, 0.5) is 0 Å². The van der Waals surface area contributed by atoms with Crippen LogP contribution in [-0.4, -0.2) is 30.8 Å². The fourth-order valence-corrected chi connectivity index (χ4v) is 1.53. The van der Waals surface area contributed by atoms with Crippen molar-refractivity contribution >= 4 is 11.3 Å². The Balaban J connectivity index is 2.61. The molecule has 12 heavy (non-hydrogen) atoms. The van der Waals surface area contributed by atoms with Gasteiger partial charge in [0, 0.05) is 12.7 Å². The van der Waals surface area contributed by atoms with Gasteiger partial charge in [0.1, 0.15) is 6.10 Å². The Kier molecular flexibility index (Phi) is 3.46. The van der Waals surface area contributed by atoms with E-state index in [1.54, 1.807) is 20.4 Å². The van der Waals surface area contributed by atoms with Gasteiger partial charge in [-0.15, -0.1) is 0 Å². The van der Waals surface area contributed by atoms with Crippen LogP contribution >= 0.6 is 11.3 Å². The van der Waals surface area contributed by atoms with Crippen molar-refractivity contribution < 1.29 is 9.84 Å². The molecule has 0 radical (unpaired) electrons. The minimum atomic E-state index is -0.489. The molecule has 0 amide bonds. The molecule has 0 fully saturated rings. The molecule has 68 valence electrons. The Labute approximate surface area is 75.2 Å². The number of hydrogen-bond acceptors (Lipinski definition) is 5. The van der Waals surface area contributed by atoms with Crippen LogP contribution in [0.5, 0.6) is 5.19 Å². The fourth-order valence-electron chi connectivity index (χ4n) is 0.812. The normalized spacial score (nSPS) is 12.9. The van der Waals surface area contributed by atoms with Gasteiger partial charge < -0.3 is 15.2 Å². The molecular formula is C7H12N2O2S. The lowest BCUT2D eigenvalue weighted by Gasteiger charge is -2.04. The van der Waals surface area contributed by atoms with Crippen LogP contribution in [0, 0.1) is 0 Å². The van der Waals surface area contributed by atoms with Crippen molar-refractivity contribution in [3.05, 3.63) is 11.1 Å². The van der Waals surface area contributed by atoms with E-state index in [9.17, 15) is 5.11 Å². The molecule has 0 saturated heterocycles. The zero-order valence-corrected chi connectivity index (χ0v) is 7.89. The predicted molar refractivity (Wildman–Crippen MR) is 47.6 cm³/mol. The van der Waals surface area contributed by atoms with Gasteiger partial charge in [-0.25, -0.2) is 4.98 Å². The molecule has 1 unspecified atom stereocenters. The zero-order chi connectivity index (χ0) is 8.97. The van der Waals surface area contributed by atoms with Crippen molar-refractivity contribution in [3.63, 3.8) is 0 Å². The third-order valence-electron chi connectivity index (χ3n) is 1.40. The first kappa shape index (κ1) is 9.44. The molecule has 5 heteroatoms. The highest BCUT2D eigenvalue weighted by Crippen LogP contribution is 2.25. The minimum absolute atomic E-state index is 0.489. The molecule has 0 aliphatic heterocycles. The van der Waals surface area contributed by atoms with E-state index in [2.05, 4.69) is 10.3 Å². The number of methoxy groups -OCH3 is 1. The van der Waals surface area contributed by atoms with E-state index in [4.69, 9.17) is 4.74 Å². The highest BCUT2D eigenvalue weighted by Gasteiger charge is 2.10. The Morgan fingerprint density at radius 3 is 3.08 bits per heavy atom. The molecule has 0 aliphatic carbocycles. The Morgan fingerprint density at radius 2 is 2.58 bits per heavy atom. The first-order valence-electron chi connectivity index (χ1n) is 3.60. The van der Waals surface area contributed by atoms with Crippen molar-refractivity contribution in [1.29, 1.82) is 0 Å². The lowest BCUT2D eigenvalue weighted by atomic mass is 10.3. The fraction of sp³-hybridized carbons (Fsp3) is 0.571. The summed E-state index contributed by atoms with van der Waals surface area (Å²) >= 11 is 1.36. The van der Waals surface area contributed by atoms with Crippen LogP contribution < -0.4 is 10.1 Å². The first-order chi connectivity index (χ1) is 5.77. The van der Waals surface area contributed by atoms with Gasteiger partial charge in [-0.3, -0.25) is 0 Å². The van der Waals surface area contributed by atoms with E-state index in [-0.39, 0.29) is 0 Å². The molecule has 0 aromatic carbocycles. The first-order valence-corrected chi connectivity index (χ1v) is 4.42. The van der Waals surface area contributed by atoms with E-state index in [1.807, 2.05) is 0 Å². The topological polar surface area (TPSA) is 54.4 Å². The van der Waals surface area contributed by atoms with Crippen LogP contribution in [0.25, 0.3) is 0 Å². The van der Waals surface area contributed by atoms with Gasteiger partial charge in [0.25, 0.3) is 5.19 Å². The van der Waals surface area contributed by atoms with Crippen LogP contribution in [0.15, 0.2) is 6.20 Å².